The van der Waals surface area contributed by atoms with E-state index in [1.807, 2.05) is 38.1 Å². The third kappa shape index (κ3) is 2.76. The number of nitrogens with zero attached hydrogens (tertiary/aromatic N) is 1. The zero-order valence-electron chi connectivity index (χ0n) is 14.7. The molecule has 1 unspecified atom stereocenters. The molecule has 2 aromatic carbocycles. The van der Waals surface area contributed by atoms with E-state index in [4.69, 9.17) is 0 Å². The molecule has 4 heteroatoms. The first-order valence-corrected chi connectivity index (χ1v) is 8.90. The summed E-state index contributed by atoms with van der Waals surface area (Å²) in [7, 11) is 0. The highest BCUT2D eigenvalue weighted by Gasteiger charge is 2.46. The summed E-state index contributed by atoms with van der Waals surface area (Å²) in [6.45, 7) is 5.66. The van der Waals surface area contributed by atoms with Crippen LogP contribution >= 0.6 is 0 Å². The van der Waals surface area contributed by atoms with E-state index < -0.39 is 0 Å². The molecule has 128 valence electrons. The van der Waals surface area contributed by atoms with E-state index in [1.165, 1.54) is 20.9 Å². The lowest BCUT2D eigenvalue weighted by molar-refractivity contribution is -0.930. The summed E-state index contributed by atoms with van der Waals surface area (Å²) in [5.41, 5.74) is 5.44. The number of amides is 2. The van der Waals surface area contributed by atoms with Crippen LogP contribution in [-0.2, 0) is 22.6 Å². The number of hydrogen-bond acceptors (Lipinski definition) is 2. The van der Waals surface area contributed by atoms with Gasteiger partial charge in [0.25, 0.3) is 5.91 Å². The minimum absolute atomic E-state index is 0.0481. The van der Waals surface area contributed by atoms with Crippen LogP contribution in [0.2, 0.25) is 0 Å². The van der Waals surface area contributed by atoms with E-state index in [0.29, 0.717) is 6.42 Å². The highest BCUT2D eigenvalue weighted by molar-refractivity contribution is 6.22. The van der Waals surface area contributed by atoms with E-state index >= 15 is 0 Å². The first-order valence-electron chi connectivity index (χ1n) is 8.90. The Morgan fingerprint density at radius 1 is 1.04 bits per heavy atom. The number of nitrogens with one attached hydrogen (secondary N) is 1. The van der Waals surface area contributed by atoms with E-state index in [-0.39, 0.29) is 17.9 Å². The molecule has 2 atom stereocenters. The summed E-state index contributed by atoms with van der Waals surface area (Å²) < 4.78 is 0. The predicted octanol–water partition coefficient (Wildman–Crippen LogP) is 1.58. The van der Waals surface area contributed by atoms with Gasteiger partial charge in [-0.15, -0.1) is 0 Å². The van der Waals surface area contributed by atoms with Crippen LogP contribution in [-0.4, -0.2) is 24.4 Å². The molecule has 0 radical (unpaired) electrons. The number of carbonyl (C=O) groups is 2. The van der Waals surface area contributed by atoms with Gasteiger partial charge in [0.15, 0.2) is 6.04 Å². The summed E-state index contributed by atoms with van der Waals surface area (Å²) in [5.74, 6) is -0.122. The molecule has 4 rings (SSSR count). The second-order valence-corrected chi connectivity index (χ2v) is 7.22. The number of anilines is 1. The van der Waals surface area contributed by atoms with E-state index in [9.17, 15) is 9.59 Å². The first-order chi connectivity index (χ1) is 12.0. The van der Waals surface area contributed by atoms with E-state index in [2.05, 4.69) is 18.2 Å². The molecule has 0 spiro atoms. The lowest BCUT2D eigenvalue weighted by atomic mass is 9.98. The van der Waals surface area contributed by atoms with Crippen molar-refractivity contribution >= 4 is 17.5 Å². The summed E-state index contributed by atoms with van der Waals surface area (Å²) in [6.07, 6.45) is 1.27. The standard InChI is InChI=1S/C21H22N2O2/c1-14-7-8-15(2)18(11-14)23-20(24)12-19(21(23)25)22-10-9-16-5-3-4-6-17(16)13-22/h3-8,11,19H,9-10,12-13H2,1-2H3/p+1/t19-/m0/s1. The molecular formula is C21H23N2O2+. The van der Waals surface area contributed by atoms with Crippen molar-refractivity contribution in [2.75, 3.05) is 11.4 Å². The third-order valence-electron chi connectivity index (χ3n) is 5.50. The van der Waals surface area contributed by atoms with Gasteiger partial charge >= 0.3 is 0 Å². The van der Waals surface area contributed by atoms with Gasteiger partial charge in [0.2, 0.25) is 5.91 Å². The van der Waals surface area contributed by atoms with Gasteiger partial charge in [0.05, 0.1) is 18.7 Å². The zero-order chi connectivity index (χ0) is 17.6. The fourth-order valence-electron chi connectivity index (χ4n) is 4.06. The number of imide groups is 1. The summed E-state index contributed by atoms with van der Waals surface area (Å²) in [4.78, 5) is 28.3. The quantitative estimate of drug-likeness (QED) is 0.847. The molecule has 2 aliphatic heterocycles. The van der Waals surface area contributed by atoms with Gasteiger partial charge in [-0.05, 0) is 36.6 Å². The van der Waals surface area contributed by atoms with E-state index in [1.54, 1.807) is 0 Å². The third-order valence-corrected chi connectivity index (χ3v) is 5.50. The highest BCUT2D eigenvalue weighted by Crippen LogP contribution is 2.27. The number of quaternary nitrogens is 1. The topological polar surface area (TPSA) is 41.8 Å². The number of carbonyl (C=O) groups excluding carboxylic acids is 2. The molecular weight excluding hydrogens is 312 g/mol. The monoisotopic (exact) mass is 335 g/mol. The molecule has 1 N–H and O–H groups in total. The van der Waals surface area contributed by atoms with Crippen molar-refractivity contribution in [3.8, 4) is 0 Å². The average Bonchev–Trinajstić information content (AvgIpc) is 2.91. The van der Waals surface area contributed by atoms with Crippen molar-refractivity contribution in [2.24, 2.45) is 0 Å². The lowest BCUT2D eigenvalue weighted by Gasteiger charge is -2.29. The van der Waals surface area contributed by atoms with Crippen LogP contribution in [0.25, 0.3) is 0 Å². The van der Waals surface area contributed by atoms with E-state index in [0.717, 1.165) is 36.3 Å². The molecule has 0 aromatic heterocycles. The highest BCUT2D eigenvalue weighted by atomic mass is 16.2. The SMILES string of the molecule is Cc1ccc(C)c(N2C(=O)C[C@H]([NH+]3CCc4ccccc4C3)C2=O)c1. The molecule has 2 aliphatic rings. The Bertz CT molecular complexity index is 859. The molecule has 25 heavy (non-hydrogen) atoms. The first kappa shape index (κ1) is 16.0. The van der Waals surface area contributed by atoms with Crippen LogP contribution in [0, 0.1) is 13.8 Å². The zero-order valence-corrected chi connectivity index (χ0v) is 14.7. The van der Waals surface area contributed by atoms with Crippen LogP contribution in [0.4, 0.5) is 5.69 Å². The molecule has 1 saturated heterocycles. The van der Waals surface area contributed by atoms with Crippen molar-refractivity contribution in [2.45, 2.75) is 39.3 Å². The summed E-state index contributed by atoms with van der Waals surface area (Å²) >= 11 is 0. The van der Waals surface area contributed by atoms with Gasteiger partial charge in [0, 0.05) is 12.0 Å². The molecule has 2 amide bonds. The molecule has 0 bridgehead atoms. The number of aryl methyl sites for hydroxylation is 2. The Kier molecular flexibility index (Phi) is 3.92. The Balaban J connectivity index is 1.61. The smallest absolute Gasteiger partial charge is 0.292 e. The van der Waals surface area contributed by atoms with Crippen LogP contribution in [0.1, 0.15) is 28.7 Å². The van der Waals surface area contributed by atoms with Gasteiger partial charge in [-0.3, -0.25) is 9.59 Å². The summed E-state index contributed by atoms with van der Waals surface area (Å²) in [6, 6.07) is 14.1. The van der Waals surface area contributed by atoms with Gasteiger partial charge in [-0.2, -0.15) is 0 Å². The van der Waals surface area contributed by atoms with Gasteiger partial charge < -0.3 is 4.90 Å². The van der Waals surface area contributed by atoms with Crippen LogP contribution in [0.15, 0.2) is 42.5 Å². The van der Waals surface area contributed by atoms with Crippen molar-refractivity contribution < 1.29 is 14.5 Å². The maximum Gasteiger partial charge on any atom is 0.292 e. The van der Waals surface area contributed by atoms with Crippen molar-refractivity contribution in [3.63, 3.8) is 0 Å². The van der Waals surface area contributed by atoms with Gasteiger partial charge in [-0.1, -0.05) is 36.4 Å². The number of rotatable bonds is 2. The number of fused-ring (bicyclic) bond motifs is 1. The Morgan fingerprint density at radius 3 is 2.60 bits per heavy atom. The minimum atomic E-state index is -0.263. The molecule has 1 fully saturated rings. The van der Waals surface area contributed by atoms with Crippen molar-refractivity contribution in [3.05, 3.63) is 64.7 Å². The Hall–Kier alpha value is -2.46. The molecule has 0 aliphatic carbocycles. The molecule has 4 nitrogen and oxygen atoms in total. The fraction of sp³-hybridized carbons (Fsp3) is 0.333. The summed E-state index contributed by atoms with van der Waals surface area (Å²) in [5, 5.41) is 0. The van der Waals surface area contributed by atoms with Crippen LogP contribution < -0.4 is 9.80 Å². The lowest BCUT2D eigenvalue weighted by Crippen LogP contribution is -3.16. The fourth-order valence-corrected chi connectivity index (χ4v) is 4.06. The van der Waals surface area contributed by atoms with Crippen LogP contribution in [0.5, 0.6) is 0 Å². The maximum absolute atomic E-state index is 13.1. The maximum atomic E-state index is 13.1. The van der Waals surface area contributed by atoms with Crippen molar-refractivity contribution in [1.82, 2.24) is 0 Å². The number of hydrogen-bond donors (Lipinski definition) is 1. The largest absolute Gasteiger partial charge is 0.320 e. The second kappa shape index (κ2) is 6.12. The van der Waals surface area contributed by atoms with Crippen molar-refractivity contribution in [1.29, 1.82) is 0 Å². The van der Waals surface area contributed by atoms with Gasteiger partial charge in [0.1, 0.15) is 6.54 Å². The molecule has 0 saturated carbocycles. The van der Waals surface area contributed by atoms with Gasteiger partial charge in [-0.25, -0.2) is 4.90 Å². The second-order valence-electron chi connectivity index (χ2n) is 7.22. The number of benzene rings is 2. The molecule has 2 aromatic rings. The average molecular weight is 335 g/mol. The van der Waals surface area contributed by atoms with Crippen LogP contribution in [0.3, 0.4) is 0 Å². The Morgan fingerprint density at radius 2 is 1.80 bits per heavy atom. The minimum Gasteiger partial charge on any atom is -0.320 e. The Labute approximate surface area is 148 Å². The predicted molar refractivity (Wildman–Crippen MR) is 96.5 cm³/mol. The normalized spacial score (nSPS) is 23.0. The molecule has 2 heterocycles.